The first kappa shape index (κ1) is 23.4. The van der Waals surface area contributed by atoms with Crippen molar-refractivity contribution in [2.24, 2.45) is 0 Å². The number of hydrogen-bond acceptors (Lipinski definition) is 7. The first-order valence-electron chi connectivity index (χ1n) is 10.6. The van der Waals surface area contributed by atoms with Crippen LogP contribution in [0.15, 0.2) is 48.7 Å². The number of morpholine rings is 1. The van der Waals surface area contributed by atoms with Gasteiger partial charge in [0.2, 0.25) is 0 Å². The Labute approximate surface area is 200 Å². The molecule has 172 valence electrons. The second-order valence-electron chi connectivity index (χ2n) is 7.62. The Kier molecular flexibility index (Phi) is 7.44. The maximum absolute atomic E-state index is 13.7. The number of aromatic nitrogens is 3. The molecule has 4 aromatic rings. The minimum atomic E-state index is -0.321. The van der Waals surface area contributed by atoms with E-state index in [1.54, 1.807) is 11.0 Å². The molecule has 0 saturated carbocycles. The van der Waals surface area contributed by atoms with Crippen LogP contribution in [0.25, 0.3) is 21.3 Å². The van der Waals surface area contributed by atoms with Gasteiger partial charge < -0.3 is 4.74 Å². The molecule has 0 spiro atoms. The number of rotatable bonds is 6. The Morgan fingerprint density at radius 3 is 2.70 bits per heavy atom. The largest absolute Gasteiger partial charge is 0.379 e. The van der Waals surface area contributed by atoms with Gasteiger partial charge in [-0.05, 0) is 36.8 Å². The number of para-hydroxylation sites is 2. The van der Waals surface area contributed by atoms with E-state index < -0.39 is 0 Å². The summed E-state index contributed by atoms with van der Waals surface area (Å²) in [7, 11) is 0. The first-order chi connectivity index (χ1) is 15.7. The zero-order valence-electron chi connectivity index (χ0n) is 17.8. The minimum absolute atomic E-state index is 0. The van der Waals surface area contributed by atoms with Gasteiger partial charge >= 0.3 is 0 Å². The van der Waals surface area contributed by atoms with Crippen LogP contribution < -0.4 is 4.90 Å². The van der Waals surface area contributed by atoms with Gasteiger partial charge in [-0.1, -0.05) is 23.5 Å². The molecule has 33 heavy (non-hydrogen) atoms. The lowest BCUT2D eigenvalue weighted by Gasteiger charge is -2.27. The lowest BCUT2D eigenvalue weighted by Crippen LogP contribution is -2.39. The van der Waals surface area contributed by atoms with E-state index in [0.717, 1.165) is 44.8 Å². The number of fused-ring (bicyclic) bond motifs is 2. The van der Waals surface area contributed by atoms with E-state index in [1.807, 2.05) is 24.3 Å². The summed E-state index contributed by atoms with van der Waals surface area (Å²) in [5, 5.41) is 0.535. The topological polar surface area (TPSA) is 71.5 Å². The van der Waals surface area contributed by atoms with Gasteiger partial charge in [0.15, 0.2) is 5.13 Å². The molecule has 10 heteroatoms. The third kappa shape index (κ3) is 5.27. The predicted molar refractivity (Wildman–Crippen MR) is 130 cm³/mol. The van der Waals surface area contributed by atoms with Crippen molar-refractivity contribution in [1.29, 1.82) is 0 Å². The van der Waals surface area contributed by atoms with Crippen LogP contribution in [0.2, 0.25) is 0 Å². The molecular formula is C23H23ClFN5O2S. The van der Waals surface area contributed by atoms with Crippen molar-refractivity contribution in [3.63, 3.8) is 0 Å². The zero-order chi connectivity index (χ0) is 21.9. The molecular weight excluding hydrogens is 465 g/mol. The van der Waals surface area contributed by atoms with Gasteiger partial charge in [0.25, 0.3) is 5.91 Å². The van der Waals surface area contributed by atoms with Gasteiger partial charge in [0.05, 0.1) is 40.7 Å². The Bertz CT molecular complexity index is 1260. The third-order valence-electron chi connectivity index (χ3n) is 5.44. The van der Waals surface area contributed by atoms with Crippen LogP contribution in [-0.4, -0.2) is 65.2 Å². The van der Waals surface area contributed by atoms with E-state index >= 15 is 0 Å². The van der Waals surface area contributed by atoms with E-state index in [-0.39, 0.29) is 29.8 Å². The highest BCUT2D eigenvalue weighted by Crippen LogP contribution is 2.30. The van der Waals surface area contributed by atoms with E-state index in [4.69, 9.17) is 4.74 Å². The van der Waals surface area contributed by atoms with Gasteiger partial charge in [-0.15, -0.1) is 12.4 Å². The normalized spacial score (nSPS) is 14.3. The monoisotopic (exact) mass is 487 g/mol. The summed E-state index contributed by atoms with van der Waals surface area (Å²) in [5.41, 5.74) is 2.33. The Balaban J connectivity index is 0.00000259. The van der Waals surface area contributed by atoms with Crippen molar-refractivity contribution < 1.29 is 13.9 Å². The van der Waals surface area contributed by atoms with Gasteiger partial charge in [0, 0.05) is 26.2 Å². The molecule has 7 nitrogen and oxygen atoms in total. The van der Waals surface area contributed by atoms with Crippen molar-refractivity contribution >= 4 is 56.0 Å². The van der Waals surface area contributed by atoms with Crippen molar-refractivity contribution in [2.75, 3.05) is 44.3 Å². The van der Waals surface area contributed by atoms with Crippen LogP contribution in [0.5, 0.6) is 0 Å². The van der Waals surface area contributed by atoms with Gasteiger partial charge in [0.1, 0.15) is 11.5 Å². The zero-order valence-corrected chi connectivity index (χ0v) is 19.4. The first-order valence-corrected chi connectivity index (χ1v) is 11.4. The average Bonchev–Trinajstić information content (AvgIpc) is 3.24. The lowest BCUT2D eigenvalue weighted by molar-refractivity contribution is 0.0376. The van der Waals surface area contributed by atoms with E-state index in [9.17, 15) is 9.18 Å². The van der Waals surface area contributed by atoms with Gasteiger partial charge in [-0.3, -0.25) is 19.6 Å². The Hall–Kier alpha value is -2.72. The summed E-state index contributed by atoms with van der Waals surface area (Å²) in [6, 6.07) is 11.9. The molecule has 5 rings (SSSR count). The number of thiazole rings is 1. The minimum Gasteiger partial charge on any atom is -0.379 e. The molecule has 2 aromatic carbocycles. The lowest BCUT2D eigenvalue weighted by atomic mass is 10.2. The van der Waals surface area contributed by atoms with Gasteiger partial charge in [-0.2, -0.15) is 0 Å². The number of carbonyl (C=O) groups is 1. The van der Waals surface area contributed by atoms with Crippen LogP contribution in [0.4, 0.5) is 9.52 Å². The highest BCUT2D eigenvalue weighted by Gasteiger charge is 2.23. The quantitative estimate of drug-likeness (QED) is 0.406. The molecule has 3 heterocycles. The molecule has 1 amide bonds. The Morgan fingerprint density at radius 1 is 1.09 bits per heavy atom. The molecule has 1 saturated heterocycles. The molecule has 2 aromatic heterocycles. The number of nitrogens with zero attached hydrogens (tertiary/aromatic N) is 5. The third-order valence-corrected chi connectivity index (χ3v) is 6.48. The number of benzene rings is 2. The highest BCUT2D eigenvalue weighted by atomic mass is 35.5. The summed E-state index contributed by atoms with van der Waals surface area (Å²) in [6.07, 6.45) is 2.28. The number of anilines is 1. The number of halogens is 2. The van der Waals surface area contributed by atoms with E-state index in [2.05, 4.69) is 19.9 Å². The van der Waals surface area contributed by atoms with Crippen LogP contribution in [-0.2, 0) is 4.74 Å². The molecule has 1 aliphatic heterocycles. The SMILES string of the molecule is Cl.O=C(c1cnc2ccccc2n1)N(CCCN1CCOCC1)c1nc2ccc(F)cc2s1. The smallest absolute Gasteiger partial charge is 0.280 e. The van der Waals surface area contributed by atoms with E-state index in [0.29, 0.717) is 27.4 Å². The standard InChI is InChI=1S/C23H22FN5O2S.ClH/c24-16-6-7-19-21(14-16)32-23(27-19)29(9-3-8-28-10-12-31-13-11-28)22(30)20-15-25-17-4-1-2-5-18(17)26-20;/h1-2,4-7,14-15H,3,8-13H2;1H. The fourth-order valence-electron chi connectivity index (χ4n) is 3.76. The molecule has 0 aliphatic carbocycles. The van der Waals surface area contributed by atoms with Gasteiger partial charge in [-0.25, -0.2) is 14.4 Å². The fraction of sp³-hybridized carbons (Fsp3) is 0.304. The molecule has 1 aliphatic rings. The van der Waals surface area contributed by atoms with Crippen molar-refractivity contribution in [1.82, 2.24) is 19.9 Å². The second-order valence-corrected chi connectivity index (χ2v) is 8.63. The molecule has 0 N–H and O–H groups in total. The summed E-state index contributed by atoms with van der Waals surface area (Å²) in [6.45, 7) is 4.59. The number of carbonyl (C=O) groups excluding carboxylic acids is 1. The highest BCUT2D eigenvalue weighted by molar-refractivity contribution is 7.22. The molecule has 1 fully saturated rings. The molecule has 0 atom stereocenters. The van der Waals surface area contributed by atoms with Crippen LogP contribution in [0.3, 0.4) is 0 Å². The number of ether oxygens (including phenoxy) is 1. The molecule has 0 radical (unpaired) electrons. The van der Waals surface area contributed by atoms with Crippen LogP contribution in [0.1, 0.15) is 16.9 Å². The summed E-state index contributed by atoms with van der Waals surface area (Å²) >= 11 is 1.30. The van der Waals surface area contributed by atoms with Crippen molar-refractivity contribution in [2.45, 2.75) is 6.42 Å². The average molecular weight is 488 g/mol. The number of hydrogen-bond donors (Lipinski definition) is 0. The summed E-state index contributed by atoms with van der Waals surface area (Å²) in [4.78, 5) is 31.0. The molecule has 0 unspecified atom stereocenters. The maximum Gasteiger partial charge on any atom is 0.280 e. The maximum atomic E-state index is 13.7. The second kappa shape index (κ2) is 10.5. The summed E-state index contributed by atoms with van der Waals surface area (Å²) < 4.78 is 19.8. The van der Waals surface area contributed by atoms with Crippen molar-refractivity contribution in [3.8, 4) is 0 Å². The van der Waals surface area contributed by atoms with Crippen LogP contribution in [0, 0.1) is 5.82 Å². The summed E-state index contributed by atoms with van der Waals surface area (Å²) in [5.74, 6) is -0.581. The van der Waals surface area contributed by atoms with Crippen molar-refractivity contribution in [3.05, 3.63) is 60.2 Å². The molecule has 0 bridgehead atoms. The van der Waals surface area contributed by atoms with Crippen LogP contribution >= 0.6 is 23.7 Å². The predicted octanol–water partition coefficient (Wildman–Crippen LogP) is 4.17. The fourth-order valence-corrected chi connectivity index (χ4v) is 4.78. The van der Waals surface area contributed by atoms with E-state index in [1.165, 1.54) is 29.7 Å². The Morgan fingerprint density at radius 2 is 1.88 bits per heavy atom. The number of amides is 1.